The number of methoxy groups -OCH3 is 2. The number of carbonyl (C=O) groups is 1. The zero-order valence-electron chi connectivity index (χ0n) is 17.7. The van der Waals surface area contributed by atoms with Crippen LogP contribution in [0.2, 0.25) is 0 Å². The van der Waals surface area contributed by atoms with Crippen LogP contribution in [0.25, 0.3) is 6.08 Å². The number of nitrogens with zero attached hydrogens (tertiary/aromatic N) is 1. The van der Waals surface area contributed by atoms with Gasteiger partial charge in [-0.05, 0) is 35.9 Å². The summed E-state index contributed by atoms with van der Waals surface area (Å²) in [5.74, 6) is 0.836. The molecule has 0 saturated carbocycles. The summed E-state index contributed by atoms with van der Waals surface area (Å²) in [6.07, 6.45) is 2.93. The number of hydrogen-bond acceptors (Lipinski definition) is 6. The van der Waals surface area contributed by atoms with Crippen molar-refractivity contribution in [2.75, 3.05) is 26.1 Å². The Hall–Kier alpha value is -3.56. The molecular formula is C23H24N2O6S. The first kappa shape index (κ1) is 23.1. The van der Waals surface area contributed by atoms with Crippen LogP contribution in [0, 0.1) is 0 Å². The fraction of sp³-hybridized carbons (Fsp3) is 0.174. The Morgan fingerprint density at radius 2 is 1.84 bits per heavy atom. The fourth-order valence-electron chi connectivity index (χ4n) is 2.88. The molecule has 0 atom stereocenters. The van der Waals surface area contributed by atoms with Crippen molar-refractivity contribution in [3.05, 3.63) is 83.7 Å². The molecule has 0 fully saturated rings. The van der Waals surface area contributed by atoms with Crippen LogP contribution in [0.15, 0.2) is 76.8 Å². The van der Waals surface area contributed by atoms with Crippen molar-refractivity contribution >= 4 is 27.7 Å². The van der Waals surface area contributed by atoms with E-state index >= 15 is 0 Å². The molecule has 3 rings (SSSR count). The highest BCUT2D eigenvalue weighted by atomic mass is 32.2. The molecule has 32 heavy (non-hydrogen) atoms. The molecule has 168 valence electrons. The van der Waals surface area contributed by atoms with Crippen LogP contribution in [-0.4, -0.2) is 39.4 Å². The van der Waals surface area contributed by atoms with Gasteiger partial charge in [0.25, 0.3) is 0 Å². The van der Waals surface area contributed by atoms with Crippen molar-refractivity contribution < 1.29 is 27.1 Å². The van der Waals surface area contributed by atoms with Crippen LogP contribution in [0.4, 0.5) is 5.69 Å². The summed E-state index contributed by atoms with van der Waals surface area (Å²) in [5, 5.41) is 3.76. The predicted molar refractivity (Wildman–Crippen MR) is 122 cm³/mol. The number of carbonyl (C=O) groups excluding carboxylic acids is 1. The Morgan fingerprint density at radius 1 is 1.06 bits per heavy atom. The highest BCUT2D eigenvalue weighted by Crippen LogP contribution is 2.29. The van der Waals surface area contributed by atoms with Crippen molar-refractivity contribution in [3.8, 4) is 11.5 Å². The molecule has 1 N–H and O–H groups in total. The first-order chi connectivity index (χ1) is 15.4. The van der Waals surface area contributed by atoms with E-state index in [1.807, 2.05) is 18.2 Å². The number of hydrogen-bond donors (Lipinski definition) is 1. The van der Waals surface area contributed by atoms with Gasteiger partial charge in [0.2, 0.25) is 15.9 Å². The van der Waals surface area contributed by atoms with Gasteiger partial charge in [-0.1, -0.05) is 30.3 Å². The second-order valence-corrected chi connectivity index (χ2v) is 8.54. The topological polar surface area (TPSA) is 98.1 Å². The lowest BCUT2D eigenvalue weighted by Gasteiger charge is -2.19. The number of ether oxygens (including phenoxy) is 2. The van der Waals surface area contributed by atoms with Crippen LogP contribution >= 0.6 is 0 Å². The molecule has 0 bridgehead atoms. The van der Waals surface area contributed by atoms with Gasteiger partial charge in [-0.25, -0.2) is 8.42 Å². The molecule has 1 aromatic heterocycles. The lowest BCUT2D eigenvalue weighted by Crippen LogP contribution is -2.36. The normalized spacial score (nSPS) is 11.6. The zero-order valence-corrected chi connectivity index (χ0v) is 18.5. The largest absolute Gasteiger partial charge is 0.497 e. The van der Waals surface area contributed by atoms with Gasteiger partial charge in [-0.15, -0.1) is 0 Å². The summed E-state index contributed by atoms with van der Waals surface area (Å²) in [7, 11) is -0.944. The van der Waals surface area contributed by atoms with E-state index < -0.39 is 22.5 Å². The molecule has 0 spiro atoms. The SMILES string of the molecule is COc1ccc(NC(=O)CN(Cc2ccco2)S(=O)(=O)/C=C/c2ccccc2)c(OC)c1. The molecular weight excluding hydrogens is 432 g/mol. The van der Waals surface area contributed by atoms with Crippen LogP contribution < -0.4 is 14.8 Å². The Bertz CT molecular complexity index is 1160. The average Bonchev–Trinajstić information content (AvgIpc) is 3.31. The van der Waals surface area contributed by atoms with E-state index in [-0.39, 0.29) is 6.54 Å². The number of benzene rings is 2. The van der Waals surface area contributed by atoms with Crippen LogP contribution in [0.5, 0.6) is 11.5 Å². The summed E-state index contributed by atoms with van der Waals surface area (Å²) in [6, 6.07) is 17.2. The smallest absolute Gasteiger partial charge is 0.239 e. The maximum atomic E-state index is 13.0. The molecule has 0 aliphatic carbocycles. The minimum Gasteiger partial charge on any atom is -0.497 e. The first-order valence-corrected chi connectivity index (χ1v) is 11.2. The lowest BCUT2D eigenvalue weighted by atomic mass is 10.2. The number of rotatable bonds is 10. The zero-order chi connectivity index (χ0) is 23.0. The highest BCUT2D eigenvalue weighted by Gasteiger charge is 2.24. The van der Waals surface area contributed by atoms with Gasteiger partial charge in [0.05, 0.1) is 39.3 Å². The summed E-state index contributed by atoms with van der Waals surface area (Å²) >= 11 is 0. The maximum absolute atomic E-state index is 13.0. The molecule has 2 aromatic carbocycles. The van der Waals surface area contributed by atoms with E-state index in [0.717, 1.165) is 15.3 Å². The predicted octanol–water partition coefficient (Wildman–Crippen LogP) is 3.74. The van der Waals surface area contributed by atoms with Crippen LogP contribution in [0.3, 0.4) is 0 Å². The number of sulfonamides is 1. The Morgan fingerprint density at radius 3 is 2.50 bits per heavy atom. The standard InChI is InChI=1S/C23H24N2O6S/c1-29-19-10-11-21(22(15-19)30-2)24-23(26)17-25(16-20-9-6-13-31-20)32(27,28)14-12-18-7-4-3-5-8-18/h3-15H,16-17H2,1-2H3,(H,24,26)/b14-12+. The third-order valence-corrected chi connectivity index (χ3v) is 5.96. The molecule has 8 nitrogen and oxygen atoms in total. The Balaban J connectivity index is 1.80. The van der Waals surface area contributed by atoms with Crippen molar-refractivity contribution in [1.29, 1.82) is 0 Å². The molecule has 3 aromatic rings. The second-order valence-electron chi connectivity index (χ2n) is 6.72. The lowest BCUT2D eigenvalue weighted by molar-refractivity contribution is -0.116. The number of anilines is 1. The molecule has 9 heteroatoms. The van der Waals surface area contributed by atoms with Crippen molar-refractivity contribution in [2.45, 2.75) is 6.54 Å². The van der Waals surface area contributed by atoms with Gasteiger partial charge >= 0.3 is 0 Å². The molecule has 0 saturated heterocycles. The van der Waals surface area contributed by atoms with Gasteiger partial charge < -0.3 is 19.2 Å². The van der Waals surface area contributed by atoms with Gasteiger partial charge in [-0.3, -0.25) is 4.79 Å². The molecule has 0 unspecified atom stereocenters. The highest BCUT2D eigenvalue weighted by molar-refractivity contribution is 7.92. The van der Waals surface area contributed by atoms with Crippen molar-refractivity contribution in [2.24, 2.45) is 0 Å². The Kier molecular flexibility index (Phi) is 7.69. The van der Waals surface area contributed by atoms with E-state index in [1.54, 1.807) is 42.5 Å². The van der Waals surface area contributed by atoms with Gasteiger partial charge in [0.15, 0.2) is 0 Å². The maximum Gasteiger partial charge on any atom is 0.239 e. The number of nitrogens with one attached hydrogen (secondary N) is 1. The third kappa shape index (κ3) is 6.22. The number of furan rings is 1. The van der Waals surface area contributed by atoms with E-state index in [4.69, 9.17) is 13.9 Å². The second kappa shape index (κ2) is 10.7. The van der Waals surface area contributed by atoms with Crippen LogP contribution in [0.1, 0.15) is 11.3 Å². The molecule has 0 radical (unpaired) electrons. The van der Waals surface area contributed by atoms with E-state index in [9.17, 15) is 13.2 Å². The van der Waals surface area contributed by atoms with Gasteiger partial charge in [-0.2, -0.15) is 4.31 Å². The summed E-state index contributed by atoms with van der Waals surface area (Å²) in [5.41, 5.74) is 1.12. The minimum atomic E-state index is -3.93. The van der Waals surface area contributed by atoms with Gasteiger partial charge in [0, 0.05) is 11.5 Å². The molecule has 1 amide bonds. The summed E-state index contributed by atoms with van der Waals surface area (Å²) in [4.78, 5) is 12.7. The van der Waals surface area contributed by atoms with E-state index in [1.165, 1.54) is 26.6 Å². The molecule has 0 aliphatic rings. The van der Waals surface area contributed by atoms with E-state index in [0.29, 0.717) is 22.9 Å². The monoisotopic (exact) mass is 456 g/mol. The summed E-state index contributed by atoms with van der Waals surface area (Å²) in [6.45, 7) is -0.515. The molecule has 1 heterocycles. The Labute approximate surface area is 187 Å². The summed E-state index contributed by atoms with van der Waals surface area (Å²) < 4.78 is 42.8. The molecule has 0 aliphatic heterocycles. The average molecular weight is 457 g/mol. The van der Waals surface area contributed by atoms with Crippen LogP contribution in [-0.2, 0) is 21.4 Å². The third-order valence-electron chi connectivity index (χ3n) is 4.51. The number of amides is 1. The van der Waals surface area contributed by atoms with Gasteiger partial charge in [0.1, 0.15) is 17.3 Å². The van der Waals surface area contributed by atoms with E-state index in [2.05, 4.69) is 5.32 Å². The fourth-order valence-corrected chi connectivity index (χ4v) is 3.98. The van der Waals surface area contributed by atoms with Crippen molar-refractivity contribution in [1.82, 2.24) is 4.31 Å². The first-order valence-electron chi connectivity index (χ1n) is 9.69. The minimum absolute atomic E-state index is 0.0956. The van der Waals surface area contributed by atoms with Crippen molar-refractivity contribution in [3.63, 3.8) is 0 Å². The quantitative estimate of drug-likeness (QED) is 0.499.